The molecule has 2 aromatic carbocycles. The van der Waals surface area contributed by atoms with E-state index in [9.17, 15) is 22.8 Å². The van der Waals surface area contributed by atoms with Crippen LogP contribution in [0.3, 0.4) is 0 Å². The summed E-state index contributed by atoms with van der Waals surface area (Å²) in [7, 11) is 1.40. The van der Waals surface area contributed by atoms with Crippen LogP contribution in [0.4, 0.5) is 13.2 Å². The molecule has 0 aliphatic rings. The van der Waals surface area contributed by atoms with Crippen molar-refractivity contribution in [3.05, 3.63) is 70.3 Å². The van der Waals surface area contributed by atoms with Crippen molar-refractivity contribution < 1.29 is 22.7 Å². The third-order valence-electron chi connectivity index (χ3n) is 4.57. The van der Waals surface area contributed by atoms with Crippen molar-refractivity contribution in [3.8, 4) is 22.8 Å². The Morgan fingerprint density at radius 3 is 2.45 bits per heavy atom. The number of nitrogens with zero attached hydrogens (tertiary/aromatic N) is 3. The monoisotopic (exact) mass is 429 g/mol. The van der Waals surface area contributed by atoms with Gasteiger partial charge in [-0.05, 0) is 18.2 Å². The molecule has 0 saturated carbocycles. The number of alkyl halides is 3. The van der Waals surface area contributed by atoms with E-state index >= 15 is 0 Å². The molecule has 11 heteroatoms. The fraction of sp³-hybridized carbons (Fsp3) is 0.100. The number of H-pyrrole nitrogens is 1. The number of imidazole rings is 1. The van der Waals surface area contributed by atoms with Gasteiger partial charge in [0.25, 0.3) is 5.91 Å². The van der Waals surface area contributed by atoms with E-state index in [2.05, 4.69) is 15.0 Å². The van der Waals surface area contributed by atoms with Crippen molar-refractivity contribution in [2.45, 2.75) is 6.18 Å². The molecule has 2 heterocycles. The number of nitrogens with one attached hydrogen (secondary N) is 1. The summed E-state index contributed by atoms with van der Waals surface area (Å²) in [4.78, 5) is 35.3. The normalized spacial score (nSPS) is 11.6. The molecule has 3 N–H and O–H groups in total. The maximum absolute atomic E-state index is 13.5. The van der Waals surface area contributed by atoms with Gasteiger partial charge in [0, 0.05) is 5.56 Å². The Hall–Kier alpha value is -4.15. The van der Waals surface area contributed by atoms with E-state index in [-0.39, 0.29) is 22.4 Å². The second kappa shape index (κ2) is 7.27. The number of hydrogen-bond acceptors (Lipinski definition) is 5. The predicted molar refractivity (Wildman–Crippen MR) is 105 cm³/mol. The number of amides is 1. The minimum Gasteiger partial charge on any atom is -0.495 e. The lowest BCUT2D eigenvalue weighted by Gasteiger charge is -2.13. The van der Waals surface area contributed by atoms with Crippen LogP contribution in [0.25, 0.3) is 28.2 Å². The van der Waals surface area contributed by atoms with Crippen molar-refractivity contribution in [2.24, 2.45) is 5.73 Å². The van der Waals surface area contributed by atoms with Gasteiger partial charge in [0.2, 0.25) is 0 Å². The highest BCUT2D eigenvalue weighted by Crippen LogP contribution is 2.36. The highest BCUT2D eigenvalue weighted by molar-refractivity contribution is 6.02. The number of hydrogen-bond donors (Lipinski definition) is 2. The average Bonchev–Trinajstić information content (AvgIpc) is 3.07. The van der Waals surface area contributed by atoms with Crippen LogP contribution < -0.4 is 16.2 Å². The number of carbonyl (C=O) groups is 1. The largest absolute Gasteiger partial charge is 0.495 e. The maximum Gasteiger partial charge on any atom is 0.417 e. The Labute approximate surface area is 172 Å². The summed E-state index contributed by atoms with van der Waals surface area (Å²) < 4.78 is 46.9. The molecule has 0 aliphatic heterocycles. The molecule has 4 rings (SSSR count). The van der Waals surface area contributed by atoms with E-state index in [0.29, 0.717) is 5.75 Å². The van der Waals surface area contributed by atoms with Crippen molar-refractivity contribution in [3.63, 3.8) is 0 Å². The minimum absolute atomic E-state index is 0.100. The van der Waals surface area contributed by atoms with Crippen LogP contribution in [0.5, 0.6) is 5.75 Å². The lowest BCUT2D eigenvalue weighted by molar-refractivity contribution is -0.137. The second-order valence-corrected chi connectivity index (χ2v) is 6.44. The number of primary amides is 1. The quantitative estimate of drug-likeness (QED) is 0.518. The summed E-state index contributed by atoms with van der Waals surface area (Å²) in [5.41, 5.74) is 2.98. The van der Waals surface area contributed by atoms with Crippen LogP contribution in [0.15, 0.2) is 53.3 Å². The first-order valence-electron chi connectivity index (χ1n) is 8.85. The molecule has 0 spiro atoms. The molecule has 0 radical (unpaired) electrons. The smallest absolute Gasteiger partial charge is 0.417 e. The Kier molecular flexibility index (Phi) is 4.72. The molecule has 0 bridgehead atoms. The van der Waals surface area contributed by atoms with Gasteiger partial charge in [-0.2, -0.15) is 13.2 Å². The van der Waals surface area contributed by atoms with Crippen LogP contribution in [-0.2, 0) is 6.18 Å². The molecule has 0 fully saturated rings. The molecule has 0 saturated heterocycles. The third kappa shape index (κ3) is 3.39. The summed E-state index contributed by atoms with van der Waals surface area (Å²) in [6.45, 7) is 0. The van der Waals surface area contributed by atoms with Gasteiger partial charge in [-0.15, -0.1) is 0 Å². The standard InChI is InChI=1S/C20H14F3N5O3/c1-31-13-9-5-4-8-12(13)28-18-15(26-19(28)30)14(16(24)29)25-17(27-18)10-6-2-3-7-11(10)20(21,22)23/h2-9H,1H3,(H2,24,29)(H,26,30). The molecule has 1 amide bonds. The average molecular weight is 429 g/mol. The Balaban J connectivity index is 2.10. The van der Waals surface area contributed by atoms with Gasteiger partial charge in [0.05, 0.1) is 18.4 Å². The number of aromatic amines is 1. The molecule has 2 aromatic heterocycles. The highest BCUT2D eigenvalue weighted by atomic mass is 19.4. The topological polar surface area (TPSA) is 116 Å². The number of ether oxygens (including phenoxy) is 1. The van der Waals surface area contributed by atoms with E-state index in [1.165, 1.54) is 25.3 Å². The van der Waals surface area contributed by atoms with Crippen LogP contribution in [0, 0.1) is 0 Å². The Morgan fingerprint density at radius 2 is 1.77 bits per heavy atom. The number of fused-ring (bicyclic) bond motifs is 1. The van der Waals surface area contributed by atoms with E-state index in [4.69, 9.17) is 10.5 Å². The first kappa shape index (κ1) is 20.1. The lowest BCUT2D eigenvalue weighted by Crippen LogP contribution is -2.16. The number of nitrogens with two attached hydrogens (primary N) is 1. The first-order valence-corrected chi connectivity index (χ1v) is 8.85. The molecule has 0 unspecified atom stereocenters. The number of rotatable bonds is 4. The van der Waals surface area contributed by atoms with Crippen molar-refractivity contribution in [1.29, 1.82) is 0 Å². The zero-order chi connectivity index (χ0) is 22.3. The molecule has 31 heavy (non-hydrogen) atoms. The molecular weight excluding hydrogens is 415 g/mol. The van der Waals surface area contributed by atoms with Crippen LogP contribution in [-0.4, -0.2) is 32.5 Å². The molecule has 8 nitrogen and oxygen atoms in total. The van der Waals surface area contributed by atoms with Crippen molar-refractivity contribution in [1.82, 2.24) is 19.5 Å². The Morgan fingerprint density at radius 1 is 1.10 bits per heavy atom. The molecule has 4 aromatic rings. The number of aromatic nitrogens is 4. The van der Waals surface area contributed by atoms with E-state index < -0.39 is 34.9 Å². The van der Waals surface area contributed by atoms with Gasteiger partial charge in [0.1, 0.15) is 11.3 Å². The fourth-order valence-corrected chi connectivity index (χ4v) is 3.25. The van der Waals surface area contributed by atoms with Crippen molar-refractivity contribution >= 4 is 17.1 Å². The van der Waals surface area contributed by atoms with Gasteiger partial charge in [0.15, 0.2) is 17.2 Å². The van der Waals surface area contributed by atoms with Crippen LogP contribution in [0.2, 0.25) is 0 Å². The minimum atomic E-state index is -4.69. The van der Waals surface area contributed by atoms with Gasteiger partial charge < -0.3 is 15.5 Å². The van der Waals surface area contributed by atoms with Gasteiger partial charge in [-0.25, -0.2) is 19.3 Å². The number of methoxy groups -OCH3 is 1. The Bertz CT molecular complexity index is 1370. The van der Waals surface area contributed by atoms with E-state index in [1.807, 2.05) is 0 Å². The zero-order valence-corrected chi connectivity index (χ0v) is 15.9. The van der Waals surface area contributed by atoms with Gasteiger partial charge >= 0.3 is 11.9 Å². The summed E-state index contributed by atoms with van der Waals surface area (Å²) >= 11 is 0. The summed E-state index contributed by atoms with van der Waals surface area (Å²) in [6.07, 6.45) is -4.69. The summed E-state index contributed by atoms with van der Waals surface area (Å²) in [6, 6.07) is 11.1. The van der Waals surface area contributed by atoms with Gasteiger partial charge in [-0.1, -0.05) is 30.3 Å². The van der Waals surface area contributed by atoms with Crippen LogP contribution in [0.1, 0.15) is 16.1 Å². The number of halogens is 3. The lowest BCUT2D eigenvalue weighted by atomic mass is 10.1. The van der Waals surface area contributed by atoms with Crippen molar-refractivity contribution in [2.75, 3.05) is 7.11 Å². The predicted octanol–water partition coefficient (Wildman–Crippen LogP) is 2.90. The number of para-hydroxylation sites is 2. The fourth-order valence-electron chi connectivity index (χ4n) is 3.25. The first-order chi connectivity index (χ1) is 14.7. The second-order valence-electron chi connectivity index (χ2n) is 6.44. The number of benzene rings is 2. The number of carbonyl (C=O) groups excluding carboxylic acids is 1. The highest BCUT2D eigenvalue weighted by Gasteiger charge is 2.34. The van der Waals surface area contributed by atoms with Gasteiger partial charge in [-0.3, -0.25) is 4.79 Å². The summed E-state index contributed by atoms with van der Waals surface area (Å²) in [5.74, 6) is -1.13. The van der Waals surface area contributed by atoms with Crippen LogP contribution >= 0.6 is 0 Å². The maximum atomic E-state index is 13.5. The molecular formula is C20H14F3N5O3. The summed E-state index contributed by atoms with van der Waals surface area (Å²) in [5, 5.41) is 0. The molecule has 158 valence electrons. The zero-order valence-electron chi connectivity index (χ0n) is 15.9. The molecule has 0 aliphatic carbocycles. The molecule has 0 atom stereocenters. The SMILES string of the molecule is COc1ccccc1-n1c(=O)[nH]c2c(C(N)=O)nc(-c3ccccc3C(F)(F)F)nc21. The third-order valence-corrected chi connectivity index (χ3v) is 4.57. The van der Waals surface area contributed by atoms with E-state index in [1.54, 1.807) is 24.3 Å². The van der Waals surface area contributed by atoms with E-state index in [0.717, 1.165) is 10.6 Å².